The number of benzene rings is 1. The van der Waals surface area contributed by atoms with Crippen LogP contribution in [0.5, 0.6) is 0 Å². The number of ether oxygens (including phenoxy) is 1. The second-order valence-electron chi connectivity index (χ2n) is 6.77. The maximum Gasteiger partial charge on any atom is 0.188 e. The van der Waals surface area contributed by atoms with Crippen LogP contribution in [0.3, 0.4) is 0 Å². The van der Waals surface area contributed by atoms with Crippen molar-refractivity contribution >= 4 is 23.2 Å². The van der Waals surface area contributed by atoms with E-state index in [1.165, 1.54) is 11.3 Å². The van der Waals surface area contributed by atoms with Gasteiger partial charge in [-0.3, -0.25) is 4.99 Å². The first-order valence-corrected chi connectivity index (χ1v) is 9.16. The maximum absolute atomic E-state index is 6.14. The fourth-order valence-corrected chi connectivity index (χ4v) is 3.60. The third-order valence-electron chi connectivity index (χ3n) is 4.85. The zero-order valence-corrected chi connectivity index (χ0v) is 15.1. The molecule has 6 heteroatoms. The molecule has 0 radical (unpaired) electrons. The Morgan fingerprint density at radius 2 is 2.33 bits per heavy atom. The van der Waals surface area contributed by atoms with Gasteiger partial charge in [-0.25, -0.2) is 0 Å². The summed E-state index contributed by atoms with van der Waals surface area (Å²) in [5.41, 5.74) is 8.47. The highest BCUT2D eigenvalue weighted by atomic mass is 35.5. The van der Waals surface area contributed by atoms with Gasteiger partial charge in [-0.05, 0) is 49.8 Å². The number of nitrogens with two attached hydrogens (primary N) is 1. The minimum Gasteiger partial charge on any atom is -0.376 e. The van der Waals surface area contributed by atoms with E-state index >= 15 is 0 Å². The van der Waals surface area contributed by atoms with Crippen molar-refractivity contribution in [1.29, 1.82) is 0 Å². The van der Waals surface area contributed by atoms with Crippen LogP contribution in [0.25, 0.3) is 0 Å². The molecule has 3 N–H and O–H groups in total. The first-order chi connectivity index (χ1) is 11.6. The fraction of sp³-hybridized carbons (Fsp3) is 0.611. The molecule has 2 atom stereocenters. The average Bonchev–Trinajstić information content (AvgIpc) is 3.24. The molecule has 132 valence electrons. The lowest BCUT2D eigenvalue weighted by molar-refractivity contribution is 0.114. The molecule has 2 saturated heterocycles. The van der Waals surface area contributed by atoms with E-state index in [4.69, 9.17) is 22.1 Å². The minimum absolute atomic E-state index is 0.284. The van der Waals surface area contributed by atoms with Crippen LogP contribution in [0, 0.1) is 12.8 Å². The van der Waals surface area contributed by atoms with Gasteiger partial charge >= 0.3 is 0 Å². The first-order valence-electron chi connectivity index (χ1n) is 8.78. The second-order valence-corrected chi connectivity index (χ2v) is 7.21. The van der Waals surface area contributed by atoms with Crippen molar-refractivity contribution < 1.29 is 4.74 Å². The van der Waals surface area contributed by atoms with Gasteiger partial charge in [0.15, 0.2) is 5.96 Å². The van der Waals surface area contributed by atoms with Crippen LogP contribution in [0.15, 0.2) is 23.2 Å². The third kappa shape index (κ3) is 4.54. The Morgan fingerprint density at radius 1 is 1.46 bits per heavy atom. The zero-order chi connectivity index (χ0) is 16.9. The van der Waals surface area contributed by atoms with Crippen molar-refractivity contribution in [3.05, 3.63) is 28.8 Å². The van der Waals surface area contributed by atoms with Gasteiger partial charge in [-0.1, -0.05) is 17.7 Å². The highest BCUT2D eigenvalue weighted by molar-refractivity contribution is 6.30. The number of nitrogens with zero attached hydrogens (tertiary/aromatic N) is 2. The van der Waals surface area contributed by atoms with E-state index in [1.54, 1.807) is 0 Å². The molecule has 0 amide bonds. The molecule has 0 aromatic heterocycles. The molecule has 2 unspecified atom stereocenters. The van der Waals surface area contributed by atoms with E-state index in [0.717, 1.165) is 57.1 Å². The molecule has 2 aliphatic heterocycles. The van der Waals surface area contributed by atoms with Gasteiger partial charge in [0.05, 0.1) is 6.10 Å². The SMILES string of the molecule is Cc1ccc(Cl)cc1N1CCC(CN=C(N)NCC2CCCO2)C1. The number of anilines is 1. The van der Waals surface area contributed by atoms with E-state index in [1.807, 2.05) is 6.07 Å². The number of hydrogen-bond acceptors (Lipinski definition) is 3. The molecule has 24 heavy (non-hydrogen) atoms. The summed E-state index contributed by atoms with van der Waals surface area (Å²) < 4.78 is 5.57. The summed E-state index contributed by atoms with van der Waals surface area (Å²) in [6.45, 7) is 6.57. The third-order valence-corrected chi connectivity index (χ3v) is 5.09. The fourth-order valence-electron chi connectivity index (χ4n) is 3.43. The number of hydrogen-bond donors (Lipinski definition) is 2. The summed E-state index contributed by atoms with van der Waals surface area (Å²) in [5, 5.41) is 3.97. The molecule has 1 aromatic rings. The van der Waals surface area contributed by atoms with E-state index in [2.05, 4.69) is 34.3 Å². The van der Waals surface area contributed by atoms with E-state index in [0.29, 0.717) is 11.9 Å². The smallest absolute Gasteiger partial charge is 0.188 e. The molecule has 3 rings (SSSR count). The Kier molecular flexibility index (Phi) is 5.85. The lowest BCUT2D eigenvalue weighted by atomic mass is 10.1. The Labute approximate surface area is 149 Å². The topological polar surface area (TPSA) is 62.9 Å². The molecule has 0 saturated carbocycles. The summed E-state index contributed by atoms with van der Waals surface area (Å²) in [5.74, 6) is 1.06. The van der Waals surface area contributed by atoms with E-state index in [-0.39, 0.29) is 6.10 Å². The van der Waals surface area contributed by atoms with Crippen molar-refractivity contribution in [2.45, 2.75) is 32.3 Å². The normalized spacial score (nSPS) is 24.6. The molecule has 1 aromatic carbocycles. The lowest BCUT2D eigenvalue weighted by Gasteiger charge is -2.21. The molecule has 5 nitrogen and oxygen atoms in total. The van der Waals surface area contributed by atoms with Crippen LogP contribution in [0.2, 0.25) is 5.02 Å². The van der Waals surface area contributed by atoms with Crippen LogP contribution in [0.4, 0.5) is 5.69 Å². The van der Waals surface area contributed by atoms with Crippen LogP contribution in [-0.4, -0.2) is 44.8 Å². The van der Waals surface area contributed by atoms with E-state index in [9.17, 15) is 0 Å². The van der Waals surface area contributed by atoms with Crippen LogP contribution in [0.1, 0.15) is 24.8 Å². The number of aliphatic imine (C=N–C) groups is 1. The van der Waals surface area contributed by atoms with Gasteiger partial charge < -0.3 is 20.7 Å². The Morgan fingerprint density at radius 3 is 3.12 bits per heavy atom. The number of guanidine groups is 1. The molecular formula is C18H27ClN4O. The quantitative estimate of drug-likeness (QED) is 0.633. The predicted octanol–water partition coefficient (Wildman–Crippen LogP) is 2.56. The zero-order valence-electron chi connectivity index (χ0n) is 14.3. The number of halogens is 1. The minimum atomic E-state index is 0.284. The summed E-state index contributed by atoms with van der Waals surface area (Å²) in [7, 11) is 0. The van der Waals surface area contributed by atoms with Crippen molar-refractivity contribution in [2.24, 2.45) is 16.6 Å². The molecule has 2 heterocycles. The number of rotatable bonds is 5. The largest absolute Gasteiger partial charge is 0.376 e. The second kappa shape index (κ2) is 8.08. The Hall–Kier alpha value is -1.46. The number of aryl methyl sites for hydroxylation is 1. The van der Waals surface area contributed by atoms with E-state index < -0.39 is 0 Å². The van der Waals surface area contributed by atoms with Gasteiger partial charge in [0, 0.05) is 43.5 Å². The van der Waals surface area contributed by atoms with Crippen LogP contribution >= 0.6 is 11.6 Å². The molecule has 0 bridgehead atoms. The average molecular weight is 351 g/mol. The highest BCUT2D eigenvalue weighted by Gasteiger charge is 2.23. The predicted molar refractivity (Wildman–Crippen MR) is 100.0 cm³/mol. The Balaban J connectivity index is 1.47. The lowest BCUT2D eigenvalue weighted by Crippen LogP contribution is -2.37. The van der Waals surface area contributed by atoms with Crippen molar-refractivity contribution in [3.8, 4) is 0 Å². The molecule has 0 aliphatic carbocycles. The summed E-state index contributed by atoms with van der Waals surface area (Å²) >= 11 is 6.14. The first kappa shape index (κ1) is 17.4. The summed E-state index contributed by atoms with van der Waals surface area (Å²) in [4.78, 5) is 6.91. The van der Waals surface area contributed by atoms with Gasteiger partial charge in [-0.2, -0.15) is 0 Å². The van der Waals surface area contributed by atoms with Crippen LogP contribution in [-0.2, 0) is 4.74 Å². The van der Waals surface area contributed by atoms with Gasteiger partial charge in [0.1, 0.15) is 0 Å². The monoisotopic (exact) mass is 350 g/mol. The molecule has 0 spiro atoms. The van der Waals surface area contributed by atoms with Gasteiger partial charge in [-0.15, -0.1) is 0 Å². The van der Waals surface area contributed by atoms with Crippen molar-refractivity contribution in [2.75, 3.05) is 37.7 Å². The van der Waals surface area contributed by atoms with Crippen LogP contribution < -0.4 is 16.0 Å². The van der Waals surface area contributed by atoms with Gasteiger partial charge in [0.2, 0.25) is 0 Å². The summed E-state index contributed by atoms with van der Waals surface area (Å²) in [6.07, 6.45) is 3.67. The molecule has 2 aliphatic rings. The molecular weight excluding hydrogens is 324 g/mol. The van der Waals surface area contributed by atoms with Crippen molar-refractivity contribution in [1.82, 2.24) is 5.32 Å². The van der Waals surface area contributed by atoms with Gasteiger partial charge in [0.25, 0.3) is 0 Å². The maximum atomic E-state index is 6.14. The summed E-state index contributed by atoms with van der Waals surface area (Å²) in [6, 6.07) is 6.08. The molecule has 2 fully saturated rings. The van der Waals surface area contributed by atoms with Crippen molar-refractivity contribution in [3.63, 3.8) is 0 Å². The number of nitrogens with one attached hydrogen (secondary N) is 1. The highest BCUT2D eigenvalue weighted by Crippen LogP contribution is 2.29. The Bertz CT molecular complexity index is 586. The standard InChI is InChI=1S/C18H27ClN4O/c1-13-4-5-15(19)9-17(13)23-7-6-14(12-23)10-21-18(20)22-11-16-3-2-8-24-16/h4-5,9,14,16H,2-3,6-8,10-12H2,1H3,(H3,20,21,22).